The zero-order valence-corrected chi connectivity index (χ0v) is 17.0. The molecule has 0 spiro atoms. The third kappa shape index (κ3) is 4.86. The van der Waals surface area contributed by atoms with Crippen LogP contribution in [-0.2, 0) is 17.8 Å². The molecule has 2 heterocycles. The number of amides is 1. The molecule has 150 valence electrons. The van der Waals surface area contributed by atoms with Gasteiger partial charge in [-0.25, -0.2) is 9.37 Å². The fraction of sp³-hybridized carbons (Fsp3) is 0.238. The number of thiazole rings is 1. The Bertz CT molecular complexity index is 1040. The van der Waals surface area contributed by atoms with E-state index in [1.165, 1.54) is 23.5 Å². The first-order valence-electron chi connectivity index (χ1n) is 9.13. The summed E-state index contributed by atoms with van der Waals surface area (Å²) in [6, 6.07) is 9.84. The fourth-order valence-electron chi connectivity index (χ4n) is 2.96. The van der Waals surface area contributed by atoms with Gasteiger partial charge < -0.3 is 14.8 Å². The highest BCUT2D eigenvalue weighted by Gasteiger charge is 2.16. The number of benzene rings is 2. The highest BCUT2D eigenvalue weighted by Crippen LogP contribution is 2.38. The average Bonchev–Trinajstić information content (AvgIpc) is 3.02. The van der Waals surface area contributed by atoms with Gasteiger partial charge in [-0.1, -0.05) is 23.7 Å². The summed E-state index contributed by atoms with van der Waals surface area (Å²) in [5.74, 6) is 0.667. The van der Waals surface area contributed by atoms with Gasteiger partial charge in [0.2, 0.25) is 5.91 Å². The Morgan fingerprint density at radius 1 is 1.24 bits per heavy atom. The van der Waals surface area contributed by atoms with Gasteiger partial charge in [0, 0.05) is 23.9 Å². The number of nitrogens with one attached hydrogen (secondary N) is 1. The summed E-state index contributed by atoms with van der Waals surface area (Å²) in [5, 5.41) is 5.82. The second-order valence-electron chi connectivity index (χ2n) is 6.56. The van der Waals surface area contributed by atoms with Crippen molar-refractivity contribution >= 4 is 28.8 Å². The molecule has 1 N–H and O–H groups in total. The number of aromatic nitrogens is 1. The van der Waals surface area contributed by atoms with Gasteiger partial charge >= 0.3 is 0 Å². The summed E-state index contributed by atoms with van der Waals surface area (Å²) >= 11 is 7.67. The predicted molar refractivity (Wildman–Crippen MR) is 110 cm³/mol. The summed E-state index contributed by atoms with van der Waals surface area (Å²) in [4.78, 5) is 16.8. The summed E-state index contributed by atoms with van der Waals surface area (Å²) < 4.78 is 24.7. The number of carbonyl (C=O) groups excluding carboxylic acids is 1. The molecule has 1 amide bonds. The molecule has 0 saturated heterocycles. The van der Waals surface area contributed by atoms with Gasteiger partial charge in [-0.2, -0.15) is 0 Å². The SMILES string of the molecule is O=C(Cc1csc(-c2cccc(F)c2)n1)NCc1cc(Cl)c2c(c1)OCCCO2. The van der Waals surface area contributed by atoms with E-state index in [2.05, 4.69) is 10.3 Å². The highest BCUT2D eigenvalue weighted by atomic mass is 35.5. The van der Waals surface area contributed by atoms with E-state index in [1.54, 1.807) is 18.2 Å². The van der Waals surface area contributed by atoms with Crippen LogP contribution in [0.5, 0.6) is 11.5 Å². The lowest BCUT2D eigenvalue weighted by Gasteiger charge is -2.12. The normalized spacial score (nSPS) is 13.0. The van der Waals surface area contributed by atoms with Gasteiger partial charge in [-0.05, 0) is 29.8 Å². The number of nitrogens with zero attached hydrogens (tertiary/aromatic N) is 1. The maximum Gasteiger partial charge on any atom is 0.226 e. The van der Waals surface area contributed by atoms with Crippen molar-refractivity contribution in [1.29, 1.82) is 0 Å². The van der Waals surface area contributed by atoms with Crippen LogP contribution in [0.2, 0.25) is 5.02 Å². The summed E-state index contributed by atoms with van der Waals surface area (Å²) in [6.07, 6.45) is 0.937. The molecule has 5 nitrogen and oxygen atoms in total. The second kappa shape index (κ2) is 8.80. The van der Waals surface area contributed by atoms with E-state index in [4.69, 9.17) is 21.1 Å². The minimum absolute atomic E-state index is 0.143. The lowest BCUT2D eigenvalue weighted by atomic mass is 10.2. The number of fused-ring (bicyclic) bond motifs is 1. The van der Waals surface area contributed by atoms with Crippen LogP contribution in [0.25, 0.3) is 10.6 Å². The van der Waals surface area contributed by atoms with E-state index < -0.39 is 0 Å². The zero-order chi connectivity index (χ0) is 20.2. The largest absolute Gasteiger partial charge is 0.489 e. The minimum Gasteiger partial charge on any atom is -0.489 e. The van der Waals surface area contributed by atoms with Crippen LogP contribution in [-0.4, -0.2) is 24.1 Å². The molecule has 3 aromatic rings. The first-order chi connectivity index (χ1) is 14.1. The van der Waals surface area contributed by atoms with Crippen LogP contribution in [0.3, 0.4) is 0 Å². The lowest BCUT2D eigenvalue weighted by Crippen LogP contribution is -2.24. The third-order valence-corrected chi connectivity index (χ3v) is 5.54. The van der Waals surface area contributed by atoms with Gasteiger partial charge in [0.15, 0.2) is 11.5 Å². The van der Waals surface area contributed by atoms with Crippen LogP contribution in [0.15, 0.2) is 41.8 Å². The third-order valence-electron chi connectivity index (χ3n) is 4.32. The van der Waals surface area contributed by atoms with E-state index in [-0.39, 0.29) is 18.1 Å². The highest BCUT2D eigenvalue weighted by molar-refractivity contribution is 7.13. The Balaban J connectivity index is 1.37. The molecule has 1 aliphatic rings. The van der Waals surface area contributed by atoms with E-state index in [0.29, 0.717) is 52.5 Å². The number of rotatable bonds is 5. The molecule has 0 unspecified atom stereocenters. The molecule has 0 aliphatic carbocycles. The zero-order valence-electron chi connectivity index (χ0n) is 15.4. The van der Waals surface area contributed by atoms with Crippen molar-refractivity contribution in [3.8, 4) is 22.1 Å². The standard InChI is InChI=1S/C21H18ClFN2O3S/c22-17-7-13(8-18-20(17)28-6-2-5-27-18)11-24-19(26)10-16-12-29-21(25-16)14-3-1-4-15(23)9-14/h1,3-4,7-9,12H,2,5-6,10-11H2,(H,24,26). The smallest absolute Gasteiger partial charge is 0.226 e. The summed E-state index contributed by atoms with van der Waals surface area (Å²) in [7, 11) is 0. The molecule has 4 rings (SSSR count). The average molecular weight is 433 g/mol. The molecule has 29 heavy (non-hydrogen) atoms. The van der Waals surface area contributed by atoms with Crippen LogP contribution < -0.4 is 14.8 Å². The molecule has 0 saturated carbocycles. The first-order valence-corrected chi connectivity index (χ1v) is 10.4. The number of hydrogen-bond donors (Lipinski definition) is 1. The number of hydrogen-bond acceptors (Lipinski definition) is 5. The molecule has 0 bridgehead atoms. The van der Waals surface area contributed by atoms with Gasteiger partial charge in [-0.15, -0.1) is 11.3 Å². The van der Waals surface area contributed by atoms with Crippen LogP contribution in [0.4, 0.5) is 4.39 Å². The molecular formula is C21H18ClFN2O3S. The van der Waals surface area contributed by atoms with Crippen LogP contribution in [0.1, 0.15) is 17.7 Å². The Kier molecular flexibility index (Phi) is 5.97. The molecule has 2 aromatic carbocycles. The quantitative estimate of drug-likeness (QED) is 0.639. The van der Waals surface area contributed by atoms with Crippen molar-refractivity contribution < 1.29 is 18.7 Å². The van der Waals surface area contributed by atoms with Crippen molar-refractivity contribution in [2.45, 2.75) is 19.4 Å². The molecule has 8 heteroatoms. The predicted octanol–water partition coefficient (Wildman–Crippen LogP) is 4.62. The number of halogens is 2. The van der Waals surface area contributed by atoms with E-state index in [1.807, 2.05) is 11.4 Å². The Morgan fingerprint density at radius 2 is 2.10 bits per heavy atom. The van der Waals surface area contributed by atoms with Crippen molar-refractivity contribution in [3.05, 3.63) is 63.9 Å². The van der Waals surface area contributed by atoms with Gasteiger partial charge in [0.25, 0.3) is 0 Å². The van der Waals surface area contributed by atoms with Gasteiger partial charge in [-0.3, -0.25) is 4.79 Å². The summed E-state index contributed by atoms with van der Waals surface area (Å²) in [6.45, 7) is 1.45. The molecule has 0 radical (unpaired) electrons. The lowest BCUT2D eigenvalue weighted by molar-refractivity contribution is -0.120. The Morgan fingerprint density at radius 3 is 2.97 bits per heavy atom. The van der Waals surface area contributed by atoms with Crippen molar-refractivity contribution in [2.75, 3.05) is 13.2 Å². The summed E-state index contributed by atoms with van der Waals surface area (Å²) in [5.41, 5.74) is 2.17. The van der Waals surface area contributed by atoms with E-state index in [9.17, 15) is 9.18 Å². The first kappa shape index (κ1) is 19.7. The number of carbonyl (C=O) groups is 1. The van der Waals surface area contributed by atoms with E-state index in [0.717, 1.165) is 12.0 Å². The van der Waals surface area contributed by atoms with Crippen LogP contribution >= 0.6 is 22.9 Å². The van der Waals surface area contributed by atoms with Gasteiger partial charge in [0.1, 0.15) is 10.8 Å². The maximum absolute atomic E-state index is 13.4. The molecule has 0 atom stereocenters. The minimum atomic E-state index is -0.314. The molecular weight excluding hydrogens is 415 g/mol. The van der Waals surface area contributed by atoms with Crippen LogP contribution in [0, 0.1) is 5.82 Å². The van der Waals surface area contributed by atoms with Crippen molar-refractivity contribution in [3.63, 3.8) is 0 Å². The monoisotopic (exact) mass is 432 g/mol. The topological polar surface area (TPSA) is 60.5 Å². The maximum atomic E-state index is 13.4. The molecule has 0 fully saturated rings. The molecule has 1 aromatic heterocycles. The van der Waals surface area contributed by atoms with E-state index >= 15 is 0 Å². The second-order valence-corrected chi connectivity index (χ2v) is 7.83. The van der Waals surface area contributed by atoms with Gasteiger partial charge in [0.05, 0.1) is 30.4 Å². The Labute approximate surface area is 176 Å². The fourth-order valence-corrected chi connectivity index (χ4v) is 4.06. The molecule has 1 aliphatic heterocycles. The number of ether oxygens (including phenoxy) is 2. The van der Waals surface area contributed by atoms with Crippen molar-refractivity contribution in [1.82, 2.24) is 10.3 Å². The Hall–Kier alpha value is -2.64. The van der Waals surface area contributed by atoms with Crippen molar-refractivity contribution in [2.24, 2.45) is 0 Å².